The van der Waals surface area contributed by atoms with Crippen LogP contribution in [0.3, 0.4) is 0 Å². The number of hydrogen-bond acceptors (Lipinski definition) is 2. The second-order valence-corrected chi connectivity index (χ2v) is 3.24. The highest BCUT2D eigenvalue weighted by molar-refractivity contribution is 5.60. The van der Waals surface area contributed by atoms with Gasteiger partial charge >= 0.3 is 5.69 Å². The Bertz CT molecular complexity index is 582. The quantitative estimate of drug-likeness (QED) is 0.741. The molecule has 0 fully saturated rings. The van der Waals surface area contributed by atoms with Crippen LogP contribution in [-0.4, -0.2) is 9.55 Å². The van der Waals surface area contributed by atoms with E-state index in [9.17, 15) is 9.59 Å². The Morgan fingerprint density at radius 2 is 1.80 bits per heavy atom. The maximum absolute atomic E-state index is 11.7. The molecule has 0 saturated carbocycles. The molecule has 0 saturated heterocycles. The maximum atomic E-state index is 11.7. The summed E-state index contributed by atoms with van der Waals surface area (Å²) in [5.41, 5.74) is 0.608. The van der Waals surface area contributed by atoms with E-state index in [0.29, 0.717) is 5.56 Å². The molecule has 1 aromatic heterocycles. The molecule has 1 N–H and O–H groups in total. The number of H-pyrrole nitrogens is 1. The molecule has 76 valence electrons. The van der Waals surface area contributed by atoms with E-state index in [1.165, 1.54) is 13.2 Å². The number of aromatic amines is 1. The normalized spacial score (nSPS) is 10.2. The van der Waals surface area contributed by atoms with E-state index >= 15 is 0 Å². The molecule has 1 aromatic carbocycles. The van der Waals surface area contributed by atoms with Gasteiger partial charge in [0.15, 0.2) is 0 Å². The molecule has 0 aliphatic heterocycles. The Morgan fingerprint density at radius 1 is 1.13 bits per heavy atom. The summed E-state index contributed by atoms with van der Waals surface area (Å²) in [6, 6.07) is 9.23. The summed E-state index contributed by atoms with van der Waals surface area (Å²) >= 11 is 0. The minimum atomic E-state index is -0.403. The lowest BCUT2D eigenvalue weighted by Gasteiger charge is -2.01. The average Bonchev–Trinajstić information content (AvgIpc) is 2.27. The summed E-state index contributed by atoms with van der Waals surface area (Å²) in [5.74, 6) is 0. The third-order valence-electron chi connectivity index (χ3n) is 2.26. The van der Waals surface area contributed by atoms with Gasteiger partial charge in [0.2, 0.25) is 0 Å². The molecule has 0 atom stereocenters. The van der Waals surface area contributed by atoms with Gasteiger partial charge in [-0.05, 0) is 5.56 Å². The molecule has 4 nitrogen and oxygen atoms in total. The fourth-order valence-corrected chi connectivity index (χ4v) is 1.39. The molecule has 0 bridgehead atoms. The lowest BCUT2D eigenvalue weighted by atomic mass is 10.1. The third kappa shape index (κ3) is 1.61. The van der Waals surface area contributed by atoms with E-state index in [2.05, 4.69) is 4.98 Å². The van der Waals surface area contributed by atoms with E-state index in [0.717, 1.165) is 10.1 Å². The Hall–Kier alpha value is -2.10. The minimum absolute atomic E-state index is 0.287. The van der Waals surface area contributed by atoms with Crippen molar-refractivity contribution in [2.24, 2.45) is 7.05 Å². The fraction of sp³-hybridized carbons (Fsp3) is 0.0909. The van der Waals surface area contributed by atoms with E-state index in [-0.39, 0.29) is 5.56 Å². The molecule has 0 radical (unpaired) electrons. The van der Waals surface area contributed by atoms with Gasteiger partial charge in [0.1, 0.15) is 0 Å². The highest BCUT2D eigenvalue weighted by Crippen LogP contribution is 2.11. The standard InChI is InChI=1S/C11H10N2O2/c1-13-10(14)9(7-12-11(13)15)8-5-3-2-4-6-8/h2-7H,1H3,(H,12,15). The van der Waals surface area contributed by atoms with Crippen molar-refractivity contribution in [1.82, 2.24) is 9.55 Å². The van der Waals surface area contributed by atoms with E-state index in [1.807, 2.05) is 30.3 Å². The van der Waals surface area contributed by atoms with Crippen LogP contribution in [0.25, 0.3) is 11.1 Å². The molecule has 15 heavy (non-hydrogen) atoms. The van der Waals surface area contributed by atoms with Gasteiger partial charge in [0.05, 0.1) is 5.56 Å². The van der Waals surface area contributed by atoms with Crippen molar-refractivity contribution >= 4 is 0 Å². The van der Waals surface area contributed by atoms with Crippen molar-refractivity contribution in [3.05, 3.63) is 57.4 Å². The van der Waals surface area contributed by atoms with Crippen LogP contribution in [0, 0.1) is 0 Å². The zero-order valence-corrected chi connectivity index (χ0v) is 8.23. The van der Waals surface area contributed by atoms with Crippen LogP contribution in [0.1, 0.15) is 0 Å². The number of benzene rings is 1. The molecule has 0 aliphatic carbocycles. The number of rotatable bonds is 1. The van der Waals surface area contributed by atoms with Crippen molar-refractivity contribution in [2.45, 2.75) is 0 Å². The monoisotopic (exact) mass is 202 g/mol. The van der Waals surface area contributed by atoms with Crippen LogP contribution in [0.2, 0.25) is 0 Å². The second-order valence-electron chi connectivity index (χ2n) is 3.24. The number of nitrogens with zero attached hydrogens (tertiary/aromatic N) is 1. The van der Waals surface area contributed by atoms with Crippen molar-refractivity contribution < 1.29 is 0 Å². The van der Waals surface area contributed by atoms with Crippen LogP contribution in [0.4, 0.5) is 0 Å². The maximum Gasteiger partial charge on any atom is 0.328 e. The van der Waals surface area contributed by atoms with Gasteiger partial charge in [-0.2, -0.15) is 0 Å². The van der Waals surface area contributed by atoms with Crippen molar-refractivity contribution in [3.63, 3.8) is 0 Å². The summed E-state index contributed by atoms with van der Waals surface area (Å²) in [4.78, 5) is 25.4. The first-order chi connectivity index (χ1) is 7.20. The van der Waals surface area contributed by atoms with Crippen LogP contribution in [0.15, 0.2) is 46.1 Å². The summed E-state index contributed by atoms with van der Waals surface area (Å²) in [6.07, 6.45) is 1.44. The second kappa shape index (κ2) is 3.57. The van der Waals surface area contributed by atoms with Crippen LogP contribution in [0.5, 0.6) is 0 Å². The summed E-state index contributed by atoms with van der Waals surface area (Å²) in [7, 11) is 1.45. The first-order valence-electron chi connectivity index (χ1n) is 4.54. The molecule has 2 aromatic rings. The predicted molar refractivity (Wildman–Crippen MR) is 57.7 cm³/mol. The highest BCUT2D eigenvalue weighted by atomic mass is 16.2. The zero-order chi connectivity index (χ0) is 10.8. The molecule has 1 heterocycles. The largest absolute Gasteiger partial charge is 0.328 e. The molecule has 0 aliphatic rings. The van der Waals surface area contributed by atoms with Gasteiger partial charge in [-0.3, -0.25) is 9.36 Å². The average molecular weight is 202 g/mol. The topological polar surface area (TPSA) is 54.9 Å². The van der Waals surface area contributed by atoms with Gasteiger partial charge in [0, 0.05) is 13.2 Å². The Kier molecular flexibility index (Phi) is 2.25. The molecule has 4 heteroatoms. The van der Waals surface area contributed by atoms with Crippen LogP contribution < -0.4 is 11.2 Å². The predicted octanol–water partition coefficient (Wildman–Crippen LogP) is 0.741. The fourth-order valence-electron chi connectivity index (χ4n) is 1.39. The lowest BCUT2D eigenvalue weighted by Crippen LogP contribution is -2.32. The Morgan fingerprint density at radius 3 is 2.47 bits per heavy atom. The molecule has 0 unspecified atom stereocenters. The van der Waals surface area contributed by atoms with Crippen LogP contribution >= 0.6 is 0 Å². The molecular formula is C11H10N2O2. The Balaban J connectivity index is 2.71. The first kappa shape index (κ1) is 9.45. The van der Waals surface area contributed by atoms with Gasteiger partial charge in [-0.15, -0.1) is 0 Å². The van der Waals surface area contributed by atoms with Gasteiger partial charge in [-0.1, -0.05) is 30.3 Å². The molecule has 0 amide bonds. The smallest absolute Gasteiger partial charge is 0.313 e. The van der Waals surface area contributed by atoms with Crippen molar-refractivity contribution in [2.75, 3.05) is 0 Å². The van der Waals surface area contributed by atoms with Gasteiger partial charge in [0.25, 0.3) is 5.56 Å². The zero-order valence-electron chi connectivity index (χ0n) is 8.23. The number of aromatic nitrogens is 2. The number of nitrogens with one attached hydrogen (secondary N) is 1. The first-order valence-corrected chi connectivity index (χ1v) is 4.54. The number of hydrogen-bond donors (Lipinski definition) is 1. The Labute approximate surface area is 85.8 Å². The molecule has 2 rings (SSSR count). The summed E-state index contributed by atoms with van der Waals surface area (Å²) in [6.45, 7) is 0. The summed E-state index contributed by atoms with van der Waals surface area (Å²) < 4.78 is 1.06. The minimum Gasteiger partial charge on any atom is -0.313 e. The van der Waals surface area contributed by atoms with Crippen molar-refractivity contribution in [3.8, 4) is 11.1 Å². The van der Waals surface area contributed by atoms with Crippen molar-refractivity contribution in [1.29, 1.82) is 0 Å². The lowest BCUT2D eigenvalue weighted by molar-refractivity contribution is 0.778. The van der Waals surface area contributed by atoms with Gasteiger partial charge in [-0.25, -0.2) is 4.79 Å². The highest BCUT2D eigenvalue weighted by Gasteiger charge is 2.05. The van der Waals surface area contributed by atoms with E-state index in [1.54, 1.807) is 0 Å². The van der Waals surface area contributed by atoms with E-state index in [4.69, 9.17) is 0 Å². The molecular weight excluding hydrogens is 192 g/mol. The van der Waals surface area contributed by atoms with E-state index < -0.39 is 5.69 Å². The summed E-state index contributed by atoms with van der Waals surface area (Å²) in [5, 5.41) is 0. The molecule has 0 spiro atoms. The van der Waals surface area contributed by atoms with Crippen LogP contribution in [-0.2, 0) is 7.05 Å². The van der Waals surface area contributed by atoms with Gasteiger partial charge < -0.3 is 4.98 Å². The third-order valence-corrected chi connectivity index (χ3v) is 2.26. The SMILES string of the molecule is Cn1c(=O)[nH]cc(-c2ccccc2)c1=O.